The number of rotatable bonds is 2. The minimum atomic E-state index is -0.453. The van der Waals surface area contributed by atoms with Gasteiger partial charge < -0.3 is 18.9 Å². The summed E-state index contributed by atoms with van der Waals surface area (Å²) in [5.41, 5.74) is 1.92. The molecule has 2 heterocycles. The summed E-state index contributed by atoms with van der Waals surface area (Å²) in [6, 6.07) is 8.42. The Balaban J connectivity index is 1.57. The summed E-state index contributed by atoms with van der Waals surface area (Å²) >= 11 is 0. The van der Waals surface area contributed by atoms with Crippen LogP contribution in [0.4, 0.5) is 4.79 Å². The highest BCUT2D eigenvalue weighted by Gasteiger charge is 2.34. The zero-order valence-corrected chi connectivity index (χ0v) is 16.6. The molecule has 0 radical (unpaired) electrons. The minimum Gasteiger partial charge on any atom is -0.444 e. The molecule has 0 aromatic heterocycles. The molecule has 1 aromatic carbocycles. The maximum atomic E-state index is 12.2. The van der Waals surface area contributed by atoms with E-state index in [0.29, 0.717) is 25.7 Å². The number of hydrogen-bond donors (Lipinski definition) is 0. The summed E-state index contributed by atoms with van der Waals surface area (Å²) in [7, 11) is -0.279. The number of carbonyl (C=O) groups excluding carboxylic acids is 1. The zero-order chi connectivity index (χ0) is 18.9. The molecule has 1 aromatic rings. The molecule has 0 saturated carbocycles. The van der Waals surface area contributed by atoms with Crippen LogP contribution in [0.25, 0.3) is 0 Å². The van der Waals surface area contributed by atoms with Crippen molar-refractivity contribution in [2.45, 2.75) is 52.6 Å². The van der Waals surface area contributed by atoms with E-state index >= 15 is 0 Å². The average molecular weight is 359 g/mol. The van der Waals surface area contributed by atoms with Gasteiger partial charge in [0.05, 0.1) is 0 Å². The lowest BCUT2D eigenvalue weighted by Gasteiger charge is -2.33. The SMILES string of the molecule is CC1(C)COB(c2ccc(C3CCN(C(=O)OC(C)(C)C)C3)cc2)OC1. The fourth-order valence-corrected chi connectivity index (χ4v) is 3.33. The van der Waals surface area contributed by atoms with Crippen molar-refractivity contribution in [1.82, 2.24) is 4.90 Å². The summed E-state index contributed by atoms with van der Waals surface area (Å²) in [4.78, 5) is 14.0. The third-order valence-corrected chi connectivity index (χ3v) is 4.77. The Morgan fingerprint density at radius 3 is 2.38 bits per heavy atom. The first-order chi connectivity index (χ1) is 12.1. The second-order valence-electron chi connectivity index (χ2n) is 9.20. The predicted octanol–water partition coefficient (Wildman–Crippen LogP) is 3.18. The quantitative estimate of drug-likeness (QED) is 0.761. The highest BCUT2D eigenvalue weighted by molar-refractivity contribution is 6.61. The third-order valence-electron chi connectivity index (χ3n) is 4.77. The summed E-state index contributed by atoms with van der Waals surface area (Å²) in [6.45, 7) is 12.8. The first-order valence-electron chi connectivity index (χ1n) is 9.44. The number of amides is 1. The van der Waals surface area contributed by atoms with Crippen LogP contribution in [0.1, 0.15) is 52.5 Å². The van der Waals surface area contributed by atoms with Gasteiger partial charge in [0, 0.05) is 37.6 Å². The van der Waals surface area contributed by atoms with E-state index < -0.39 is 5.60 Å². The van der Waals surface area contributed by atoms with Gasteiger partial charge in [-0.2, -0.15) is 0 Å². The van der Waals surface area contributed by atoms with Crippen LogP contribution in [0.3, 0.4) is 0 Å². The van der Waals surface area contributed by atoms with Gasteiger partial charge in [0.15, 0.2) is 0 Å². The summed E-state index contributed by atoms with van der Waals surface area (Å²) < 4.78 is 17.2. The smallest absolute Gasteiger partial charge is 0.444 e. The van der Waals surface area contributed by atoms with Gasteiger partial charge in [0.2, 0.25) is 0 Å². The van der Waals surface area contributed by atoms with Gasteiger partial charge in [-0.1, -0.05) is 38.1 Å². The van der Waals surface area contributed by atoms with Gasteiger partial charge in [0.1, 0.15) is 5.60 Å². The summed E-state index contributed by atoms with van der Waals surface area (Å²) in [5.74, 6) is 0.351. The first kappa shape index (κ1) is 19.2. The number of ether oxygens (including phenoxy) is 1. The van der Waals surface area contributed by atoms with Gasteiger partial charge in [-0.05, 0) is 38.2 Å². The lowest BCUT2D eigenvalue weighted by atomic mass is 9.75. The van der Waals surface area contributed by atoms with Gasteiger partial charge >= 0.3 is 13.2 Å². The molecular formula is C20H30BNO4. The molecule has 2 saturated heterocycles. The lowest BCUT2D eigenvalue weighted by Crippen LogP contribution is -2.47. The molecule has 1 unspecified atom stereocenters. The van der Waals surface area contributed by atoms with Gasteiger partial charge in [0.25, 0.3) is 0 Å². The molecule has 5 nitrogen and oxygen atoms in total. The minimum absolute atomic E-state index is 0.0748. The molecule has 2 aliphatic rings. The monoisotopic (exact) mass is 359 g/mol. The maximum Gasteiger partial charge on any atom is 0.493 e. The van der Waals surface area contributed by atoms with E-state index in [1.54, 1.807) is 4.90 Å². The lowest BCUT2D eigenvalue weighted by molar-refractivity contribution is 0.0292. The number of likely N-dealkylation sites (tertiary alicyclic amines) is 1. The van der Waals surface area contributed by atoms with E-state index in [1.807, 2.05) is 20.8 Å². The Kier molecular flexibility index (Phi) is 5.36. The number of hydrogen-bond acceptors (Lipinski definition) is 4. The van der Waals surface area contributed by atoms with Gasteiger partial charge in [-0.25, -0.2) is 4.79 Å². The fourth-order valence-electron chi connectivity index (χ4n) is 3.33. The second kappa shape index (κ2) is 7.24. The van der Waals surface area contributed by atoms with Crippen LogP contribution < -0.4 is 5.46 Å². The van der Waals surface area contributed by atoms with E-state index in [-0.39, 0.29) is 18.6 Å². The molecule has 1 atom stereocenters. The number of nitrogens with zero attached hydrogens (tertiary/aromatic N) is 1. The molecule has 2 fully saturated rings. The van der Waals surface area contributed by atoms with Crippen molar-refractivity contribution in [3.8, 4) is 0 Å². The molecule has 3 rings (SSSR count). The standard InChI is InChI=1S/C20H30BNO4/c1-19(2,3)26-18(23)22-11-10-16(12-22)15-6-8-17(9-7-15)21-24-13-20(4,5)14-25-21/h6-9,16H,10-14H2,1-5H3. The first-order valence-corrected chi connectivity index (χ1v) is 9.44. The summed E-state index contributed by atoms with van der Waals surface area (Å²) in [5, 5.41) is 0. The third kappa shape index (κ3) is 4.80. The second-order valence-corrected chi connectivity index (χ2v) is 9.20. The highest BCUT2D eigenvalue weighted by Crippen LogP contribution is 2.28. The Morgan fingerprint density at radius 2 is 1.81 bits per heavy atom. The van der Waals surface area contributed by atoms with Crippen molar-refractivity contribution < 1.29 is 18.8 Å². The average Bonchev–Trinajstić information content (AvgIpc) is 3.04. The molecule has 0 spiro atoms. The molecule has 26 heavy (non-hydrogen) atoms. The Labute approximate surface area is 157 Å². The Bertz CT molecular complexity index is 628. The molecule has 0 bridgehead atoms. The topological polar surface area (TPSA) is 48.0 Å². The van der Waals surface area contributed by atoms with E-state index in [4.69, 9.17) is 14.0 Å². The Morgan fingerprint density at radius 1 is 1.19 bits per heavy atom. The van der Waals surface area contributed by atoms with E-state index in [1.165, 1.54) is 5.56 Å². The van der Waals surface area contributed by atoms with Crippen LogP contribution in [-0.2, 0) is 14.0 Å². The van der Waals surface area contributed by atoms with E-state index in [2.05, 4.69) is 38.1 Å². The molecule has 0 aliphatic carbocycles. The largest absolute Gasteiger partial charge is 0.493 e. The van der Waals surface area contributed by atoms with Crippen molar-refractivity contribution in [2.75, 3.05) is 26.3 Å². The van der Waals surface area contributed by atoms with Crippen molar-refractivity contribution in [3.05, 3.63) is 29.8 Å². The predicted molar refractivity (Wildman–Crippen MR) is 103 cm³/mol. The van der Waals surface area contributed by atoms with Crippen molar-refractivity contribution in [3.63, 3.8) is 0 Å². The summed E-state index contributed by atoms with van der Waals surface area (Å²) in [6.07, 6.45) is 0.742. The van der Waals surface area contributed by atoms with Crippen LogP contribution >= 0.6 is 0 Å². The van der Waals surface area contributed by atoms with Crippen LogP contribution in [0.2, 0.25) is 0 Å². The van der Waals surface area contributed by atoms with Crippen molar-refractivity contribution >= 4 is 18.7 Å². The van der Waals surface area contributed by atoms with Crippen LogP contribution in [0.15, 0.2) is 24.3 Å². The molecule has 1 amide bonds. The maximum absolute atomic E-state index is 12.2. The molecule has 6 heteroatoms. The number of benzene rings is 1. The molecule has 0 N–H and O–H groups in total. The van der Waals surface area contributed by atoms with Gasteiger partial charge in [-0.15, -0.1) is 0 Å². The highest BCUT2D eigenvalue weighted by atomic mass is 16.6. The molecule has 2 aliphatic heterocycles. The van der Waals surface area contributed by atoms with Crippen LogP contribution in [0.5, 0.6) is 0 Å². The van der Waals surface area contributed by atoms with Crippen LogP contribution in [-0.4, -0.2) is 50.0 Å². The van der Waals surface area contributed by atoms with E-state index in [9.17, 15) is 4.79 Å². The van der Waals surface area contributed by atoms with Gasteiger partial charge in [-0.3, -0.25) is 0 Å². The van der Waals surface area contributed by atoms with Crippen molar-refractivity contribution in [2.24, 2.45) is 5.41 Å². The fraction of sp³-hybridized carbons (Fsp3) is 0.650. The molecule has 142 valence electrons. The van der Waals surface area contributed by atoms with Crippen molar-refractivity contribution in [1.29, 1.82) is 0 Å². The normalized spacial score (nSPS) is 23.2. The molecular weight excluding hydrogens is 329 g/mol. The number of carbonyl (C=O) groups is 1. The zero-order valence-electron chi connectivity index (χ0n) is 16.6. The van der Waals surface area contributed by atoms with E-state index in [0.717, 1.165) is 18.4 Å². The Hall–Kier alpha value is -1.53. The van der Waals surface area contributed by atoms with Crippen LogP contribution in [0, 0.1) is 5.41 Å².